The monoisotopic (exact) mass is 352 g/mol. The third-order valence-electron chi connectivity index (χ3n) is 3.39. The van der Waals surface area contributed by atoms with Gasteiger partial charge in [-0.1, -0.05) is 29.3 Å². The standard InChI is InChI=1S/C14H10Cl2N4OS/c15-8-2-1-3-9(6-8)20-5-4-11(14(20)21)18-13-10(7-17)12(16)19-22-13/h1-3,6,11,18H,4-5H2. The molecule has 1 unspecified atom stereocenters. The molecule has 1 aromatic carbocycles. The Morgan fingerprint density at radius 1 is 1.45 bits per heavy atom. The molecule has 1 atom stereocenters. The summed E-state index contributed by atoms with van der Waals surface area (Å²) in [4.78, 5) is 14.2. The van der Waals surface area contributed by atoms with Gasteiger partial charge >= 0.3 is 0 Å². The third kappa shape index (κ3) is 2.75. The number of halogens is 2. The zero-order valence-electron chi connectivity index (χ0n) is 11.2. The first-order valence-corrected chi connectivity index (χ1v) is 8.02. The van der Waals surface area contributed by atoms with Crippen LogP contribution in [0.5, 0.6) is 0 Å². The molecule has 3 rings (SSSR count). The maximum absolute atomic E-state index is 12.5. The normalized spacial score (nSPS) is 17.6. The smallest absolute Gasteiger partial charge is 0.249 e. The van der Waals surface area contributed by atoms with Crippen molar-refractivity contribution in [2.75, 3.05) is 16.8 Å². The minimum atomic E-state index is -0.400. The quantitative estimate of drug-likeness (QED) is 0.916. The van der Waals surface area contributed by atoms with Crippen LogP contribution in [0.15, 0.2) is 24.3 Å². The molecule has 1 amide bonds. The van der Waals surface area contributed by atoms with Gasteiger partial charge in [0.15, 0.2) is 5.15 Å². The van der Waals surface area contributed by atoms with E-state index in [9.17, 15) is 4.79 Å². The van der Waals surface area contributed by atoms with E-state index in [4.69, 9.17) is 28.5 Å². The topological polar surface area (TPSA) is 69.0 Å². The second kappa shape index (κ2) is 6.13. The van der Waals surface area contributed by atoms with Crippen molar-refractivity contribution < 1.29 is 4.79 Å². The lowest BCUT2D eigenvalue weighted by Gasteiger charge is -2.17. The number of hydrogen-bond donors (Lipinski definition) is 1. The lowest BCUT2D eigenvalue weighted by Crippen LogP contribution is -2.33. The van der Waals surface area contributed by atoms with Gasteiger partial charge in [-0.05, 0) is 36.2 Å². The van der Waals surface area contributed by atoms with Crippen LogP contribution in [0, 0.1) is 11.3 Å². The summed E-state index contributed by atoms with van der Waals surface area (Å²) in [7, 11) is 0. The molecular formula is C14H10Cl2N4OS. The molecule has 2 heterocycles. The van der Waals surface area contributed by atoms with E-state index in [1.807, 2.05) is 18.2 Å². The van der Waals surface area contributed by atoms with Crippen LogP contribution in [0.3, 0.4) is 0 Å². The van der Waals surface area contributed by atoms with Crippen molar-refractivity contribution >= 4 is 51.3 Å². The Balaban J connectivity index is 1.78. The molecule has 0 aliphatic carbocycles. The summed E-state index contributed by atoms with van der Waals surface area (Å²) in [6.45, 7) is 0.589. The second-order valence-corrected chi connectivity index (χ2v) is 6.31. The predicted molar refractivity (Wildman–Crippen MR) is 87.7 cm³/mol. The van der Waals surface area contributed by atoms with Crippen LogP contribution >= 0.6 is 34.7 Å². The molecule has 1 aliphatic heterocycles. The Morgan fingerprint density at radius 2 is 2.27 bits per heavy atom. The summed E-state index contributed by atoms with van der Waals surface area (Å²) >= 11 is 12.9. The number of nitriles is 1. The number of hydrogen-bond acceptors (Lipinski definition) is 5. The first-order valence-electron chi connectivity index (χ1n) is 6.49. The van der Waals surface area contributed by atoms with Crippen molar-refractivity contribution in [3.8, 4) is 6.07 Å². The number of carbonyl (C=O) groups excluding carboxylic acids is 1. The highest BCUT2D eigenvalue weighted by molar-refractivity contribution is 7.10. The van der Waals surface area contributed by atoms with Gasteiger partial charge in [0.25, 0.3) is 0 Å². The number of aromatic nitrogens is 1. The zero-order valence-corrected chi connectivity index (χ0v) is 13.5. The van der Waals surface area contributed by atoms with E-state index in [1.165, 1.54) is 0 Å². The van der Waals surface area contributed by atoms with Crippen LogP contribution in [-0.4, -0.2) is 22.9 Å². The molecule has 1 saturated heterocycles. The number of amides is 1. The number of nitrogens with one attached hydrogen (secondary N) is 1. The SMILES string of the molecule is N#Cc1c(Cl)nsc1NC1CCN(c2cccc(Cl)c2)C1=O. The lowest BCUT2D eigenvalue weighted by atomic mass is 10.2. The van der Waals surface area contributed by atoms with Gasteiger partial charge in [-0.25, -0.2) is 0 Å². The molecule has 0 bridgehead atoms. The largest absolute Gasteiger partial charge is 0.363 e. The second-order valence-electron chi connectivity index (χ2n) is 4.74. The molecule has 0 spiro atoms. The number of benzene rings is 1. The Bertz CT molecular complexity index is 770. The Kier molecular flexibility index (Phi) is 4.21. The molecule has 5 nitrogen and oxygen atoms in total. The summed E-state index contributed by atoms with van der Waals surface area (Å²) in [6, 6.07) is 8.77. The molecule has 1 fully saturated rings. The van der Waals surface area contributed by atoms with Crippen LogP contribution in [-0.2, 0) is 4.79 Å². The molecular weight excluding hydrogens is 343 g/mol. The minimum absolute atomic E-state index is 0.0596. The van der Waals surface area contributed by atoms with Gasteiger partial charge in [-0.2, -0.15) is 9.64 Å². The van der Waals surface area contributed by atoms with Crippen LogP contribution < -0.4 is 10.2 Å². The Morgan fingerprint density at radius 3 is 3.00 bits per heavy atom. The average molecular weight is 353 g/mol. The van der Waals surface area contributed by atoms with Crippen LogP contribution in [0.1, 0.15) is 12.0 Å². The van der Waals surface area contributed by atoms with Gasteiger partial charge in [0, 0.05) is 17.3 Å². The van der Waals surface area contributed by atoms with E-state index in [1.54, 1.807) is 17.0 Å². The average Bonchev–Trinajstić information content (AvgIpc) is 3.03. The van der Waals surface area contributed by atoms with Crippen molar-refractivity contribution in [1.29, 1.82) is 5.26 Å². The summed E-state index contributed by atoms with van der Waals surface area (Å²) in [5.41, 5.74) is 1.05. The van der Waals surface area contributed by atoms with E-state index in [-0.39, 0.29) is 16.6 Å². The maximum Gasteiger partial charge on any atom is 0.249 e. The van der Waals surface area contributed by atoms with Gasteiger partial charge in [-0.3, -0.25) is 4.79 Å². The predicted octanol–water partition coefficient (Wildman–Crippen LogP) is 3.54. The van der Waals surface area contributed by atoms with Crippen molar-refractivity contribution in [3.05, 3.63) is 40.0 Å². The van der Waals surface area contributed by atoms with Crippen LogP contribution in [0.4, 0.5) is 10.7 Å². The molecule has 1 aliphatic rings. The number of nitrogens with zero attached hydrogens (tertiary/aromatic N) is 3. The van der Waals surface area contributed by atoms with E-state index in [2.05, 4.69) is 9.69 Å². The van der Waals surface area contributed by atoms with E-state index >= 15 is 0 Å². The number of anilines is 2. The zero-order chi connectivity index (χ0) is 15.7. The molecule has 1 N–H and O–H groups in total. The Hall–Kier alpha value is -1.81. The highest BCUT2D eigenvalue weighted by atomic mass is 35.5. The summed E-state index contributed by atoms with van der Waals surface area (Å²) in [6.07, 6.45) is 0.631. The van der Waals surface area contributed by atoms with Crippen LogP contribution in [0.2, 0.25) is 10.2 Å². The fraction of sp³-hybridized carbons (Fsp3) is 0.214. The third-order valence-corrected chi connectivity index (χ3v) is 4.78. The van der Waals surface area contributed by atoms with Crippen molar-refractivity contribution in [3.63, 3.8) is 0 Å². The molecule has 8 heteroatoms. The van der Waals surface area contributed by atoms with Gasteiger partial charge < -0.3 is 10.2 Å². The van der Waals surface area contributed by atoms with Gasteiger partial charge in [0.2, 0.25) is 5.91 Å². The van der Waals surface area contributed by atoms with E-state index in [0.717, 1.165) is 17.2 Å². The van der Waals surface area contributed by atoms with E-state index < -0.39 is 6.04 Å². The van der Waals surface area contributed by atoms with Crippen molar-refractivity contribution in [2.24, 2.45) is 0 Å². The van der Waals surface area contributed by atoms with Gasteiger partial charge in [0.05, 0.1) is 0 Å². The molecule has 2 aromatic rings. The fourth-order valence-corrected chi connectivity index (χ4v) is 3.51. The van der Waals surface area contributed by atoms with Crippen LogP contribution in [0.25, 0.3) is 0 Å². The number of rotatable bonds is 3. The molecule has 0 radical (unpaired) electrons. The fourth-order valence-electron chi connectivity index (χ4n) is 2.34. The number of carbonyl (C=O) groups is 1. The minimum Gasteiger partial charge on any atom is -0.363 e. The molecule has 1 aromatic heterocycles. The summed E-state index contributed by atoms with van der Waals surface area (Å²) < 4.78 is 3.92. The highest BCUT2D eigenvalue weighted by Crippen LogP contribution is 2.31. The van der Waals surface area contributed by atoms with Crippen molar-refractivity contribution in [1.82, 2.24) is 4.37 Å². The highest BCUT2D eigenvalue weighted by Gasteiger charge is 2.33. The van der Waals surface area contributed by atoms with E-state index in [0.29, 0.717) is 23.0 Å². The van der Waals surface area contributed by atoms with Gasteiger partial charge in [0.1, 0.15) is 22.7 Å². The Labute approximate surface area is 141 Å². The lowest BCUT2D eigenvalue weighted by molar-refractivity contribution is -0.117. The maximum atomic E-state index is 12.5. The van der Waals surface area contributed by atoms with Crippen molar-refractivity contribution in [2.45, 2.75) is 12.5 Å². The molecule has 0 saturated carbocycles. The van der Waals surface area contributed by atoms with Gasteiger partial charge in [-0.15, -0.1) is 0 Å². The molecule has 22 heavy (non-hydrogen) atoms. The molecule has 112 valence electrons. The summed E-state index contributed by atoms with van der Waals surface area (Å²) in [5.74, 6) is -0.0596. The first kappa shape index (κ1) is 15.1. The first-order chi connectivity index (χ1) is 10.6. The summed E-state index contributed by atoms with van der Waals surface area (Å²) in [5, 5.41) is 13.4.